The molecule has 0 aliphatic heterocycles. The molecule has 0 unspecified atom stereocenters. The summed E-state index contributed by atoms with van der Waals surface area (Å²) in [6, 6.07) is 4.90. The molecule has 2 heterocycles. The van der Waals surface area contributed by atoms with Crippen LogP contribution in [-0.4, -0.2) is 16.8 Å². The fraction of sp³-hybridized carbons (Fsp3) is 0.467. The normalized spacial score (nSPS) is 18.1. The van der Waals surface area contributed by atoms with Gasteiger partial charge in [-0.2, -0.15) is 0 Å². The van der Waals surface area contributed by atoms with Crippen LogP contribution in [0.25, 0.3) is 0 Å². The molecule has 0 aromatic carbocycles. The number of carbonyl (C=O) groups excluding carboxylic acids is 1. The smallest absolute Gasteiger partial charge is 0.186 e. The zero-order valence-corrected chi connectivity index (χ0v) is 12.8. The Kier molecular flexibility index (Phi) is 3.11. The number of aryl methyl sites for hydroxylation is 1. The van der Waals surface area contributed by atoms with Gasteiger partial charge in [0.05, 0.1) is 6.54 Å². The highest BCUT2D eigenvalue weighted by molar-refractivity contribution is 7.16. The van der Waals surface area contributed by atoms with Crippen LogP contribution in [0.5, 0.6) is 0 Å². The topological polar surface area (TPSA) is 33.2 Å². The molecular formula is C15H16N2OS2. The number of fused-ring (bicyclic) bond motifs is 1. The van der Waals surface area contributed by atoms with Gasteiger partial charge in [0.2, 0.25) is 0 Å². The van der Waals surface area contributed by atoms with Gasteiger partial charge in [0.25, 0.3) is 0 Å². The molecular weight excluding hydrogens is 288 g/mol. The number of nitrogens with zero attached hydrogens (tertiary/aromatic N) is 2. The van der Waals surface area contributed by atoms with E-state index in [9.17, 15) is 4.79 Å². The Morgan fingerprint density at radius 3 is 2.95 bits per heavy atom. The van der Waals surface area contributed by atoms with E-state index in [-0.39, 0.29) is 5.78 Å². The lowest BCUT2D eigenvalue weighted by Gasteiger charge is -2.20. The third kappa shape index (κ3) is 2.29. The number of anilines is 1. The molecule has 2 aromatic rings. The number of Topliss-reactive ketones (excluding diaryl/α,β-unsaturated/α-hetero) is 1. The van der Waals surface area contributed by atoms with E-state index in [1.807, 2.05) is 0 Å². The van der Waals surface area contributed by atoms with Crippen molar-refractivity contribution in [3.8, 4) is 0 Å². The van der Waals surface area contributed by atoms with Gasteiger partial charge in [-0.25, -0.2) is 4.98 Å². The van der Waals surface area contributed by atoms with Crippen molar-refractivity contribution in [3.63, 3.8) is 0 Å². The molecule has 0 radical (unpaired) electrons. The van der Waals surface area contributed by atoms with E-state index in [1.54, 1.807) is 22.7 Å². The van der Waals surface area contributed by atoms with E-state index in [1.165, 1.54) is 22.6 Å². The first kappa shape index (κ1) is 12.5. The quantitative estimate of drug-likeness (QED) is 0.859. The minimum Gasteiger partial charge on any atom is -0.340 e. The first-order valence-electron chi connectivity index (χ1n) is 7.13. The van der Waals surface area contributed by atoms with Gasteiger partial charge >= 0.3 is 0 Å². The Balaban J connectivity index is 1.65. The maximum Gasteiger partial charge on any atom is 0.186 e. The van der Waals surface area contributed by atoms with Gasteiger partial charge in [0, 0.05) is 22.2 Å². The molecule has 0 atom stereocenters. The SMILES string of the molecule is O=C1CCCc2sc(N(Cc3cccs3)C3CC3)nc21. The summed E-state index contributed by atoms with van der Waals surface area (Å²) < 4.78 is 0. The Morgan fingerprint density at radius 1 is 1.35 bits per heavy atom. The molecule has 5 heteroatoms. The molecule has 20 heavy (non-hydrogen) atoms. The average Bonchev–Trinajstić information content (AvgIpc) is 2.99. The van der Waals surface area contributed by atoms with E-state index >= 15 is 0 Å². The van der Waals surface area contributed by atoms with Crippen LogP contribution in [0.3, 0.4) is 0 Å². The number of aromatic nitrogens is 1. The number of hydrogen-bond donors (Lipinski definition) is 0. The lowest BCUT2D eigenvalue weighted by molar-refractivity contribution is 0.0968. The van der Waals surface area contributed by atoms with E-state index < -0.39 is 0 Å². The van der Waals surface area contributed by atoms with E-state index in [2.05, 4.69) is 27.4 Å². The molecule has 1 fully saturated rings. The Morgan fingerprint density at radius 2 is 2.25 bits per heavy atom. The fourth-order valence-electron chi connectivity index (χ4n) is 2.69. The molecule has 0 spiro atoms. The number of hydrogen-bond acceptors (Lipinski definition) is 5. The van der Waals surface area contributed by atoms with Gasteiger partial charge in [0.15, 0.2) is 10.9 Å². The lowest BCUT2D eigenvalue weighted by Crippen LogP contribution is -2.24. The van der Waals surface area contributed by atoms with Crippen LogP contribution in [0.4, 0.5) is 5.13 Å². The molecule has 0 amide bonds. The molecule has 0 saturated heterocycles. The first-order chi connectivity index (χ1) is 9.81. The van der Waals surface area contributed by atoms with Crippen LogP contribution >= 0.6 is 22.7 Å². The predicted molar refractivity (Wildman–Crippen MR) is 82.9 cm³/mol. The van der Waals surface area contributed by atoms with E-state index in [0.29, 0.717) is 12.5 Å². The molecule has 4 rings (SSSR count). The Labute approximate surface area is 126 Å². The second-order valence-corrected chi connectivity index (χ2v) is 7.58. The van der Waals surface area contributed by atoms with Crippen molar-refractivity contribution in [3.05, 3.63) is 33.0 Å². The van der Waals surface area contributed by atoms with Crippen molar-refractivity contribution in [2.45, 2.75) is 44.7 Å². The van der Waals surface area contributed by atoms with Crippen LogP contribution in [0.1, 0.15) is 45.9 Å². The van der Waals surface area contributed by atoms with Crippen molar-refractivity contribution >= 4 is 33.6 Å². The highest BCUT2D eigenvalue weighted by atomic mass is 32.1. The number of ketones is 1. The van der Waals surface area contributed by atoms with Crippen molar-refractivity contribution in [2.24, 2.45) is 0 Å². The van der Waals surface area contributed by atoms with Crippen LogP contribution in [-0.2, 0) is 13.0 Å². The molecule has 3 nitrogen and oxygen atoms in total. The third-order valence-corrected chi connectivity index (χ3v) is 5.91. The maximum atomic E-state index is 12.0. The molecule has 0 bridgehead atoms. The van der Waals surface area contributed by atoms with Crippen molar-refractivity contribution in [1.29, 1.82) is 0 Å². The third-order valence-electron chi connectivity index (χ3n) is 3.90. The molecule has 2 aliphatic rings. The summed E-state index contributed by atoms with van der Waals surface area (Å²) >= 11 is 3.53. The standard InChI is InChI=1S/C15H16N2OS2/c18-12-4-1-5-13-14(12)16-15(20-13)17(10-6-7-10)9-11-3-2-8-19-11/h2-3,8,10H,1,4-7,9H2. The average molecular weight is 304 g/mol. The van der Waals surface area contributed by atoms with Crippen LogP contribution in [0.15, 0.2) is 17.5 Å². The molecule has 2 aliphatic carbocycles. The summed E-state index contributed by atoms with van der Waals surface area (Å²) in [5.74, 6) is 0.237. The molecule has 1 saturated carbocycles. The van der Waals surface area contributed by atoms with Crippen molar-refractivity contribution < 1.29 is 4.79 Å². The first-order valence-corrected chi connectivity index (χ1v) is 8.83. The van der Waals surface area contributed by atoms with Crippen molar-refractivity contribution in [2.75, 3.05) is 4.90 Å². The second kappa shape index (κ2) is 4.97. The monoisotopic (exact) mass is 304 g/mol. The van der Waals surface area contributed by atoms with Crippen molar-refractivity contribution in [1.82, 2.24) is 4.98 Å². The summed E-state index contributed by atoms with van der Waals surface area (Å²) in [7, 11) is 0. The summed E-state index contributed by atoms with van der Waals surface area (Å²) in [6.45, 7) is 0.933. The van der Waals surface area contributed by atoms with Crippen LogP contribution < -0.4 is 4.90 Å². The zero-order chi connectivity index (χ0) is 13.5. The largest absolute Gasteiger partial charge is 0.340 e. The van der Waals surface area contributed by atoms with Gasteiger partial charge in [0.1, 0.15) is 5.69 Å². The van der Waals surface area contributed by atoms with Gasteiger partial charge in [-0.3, -0.25) is 4.79 Å². The van der Waals surface area contributed by atoms with E-state index in [0.717, 1.165) is 30.2 Å². The number of rotatable bonds is 4. The molecule has 2 aromatic heterocycles. The summed E-state index contributed by atoms with van der Waals surface area (Å²) in [5.41, 5.74) is 0.757. The van der Waals surface area contributed by atoms with E-state index in [4.69, 9.17) is 0 Å². The summed E-state index contributed by atoms with van der Waals surface area (Å²) in [4.78, 5) is 21.6. The number of carbonyl (C=O) groups is 1. The Hall–Kier alpha value is -1.20. The number of thiophene rings is 1. The van der Waals surface area contributed by atoms with Gasteiger partial charge in [-0.1, -0.05) is 6.07 Å². The van der Waals surface area contributed by atoms with Gasteiger partial charge < -0.3 is 4.90 Å². The van der Waals surface area contributed by atoms with Crippen LogP contribution in [0, 0.1) is 0 Å². The minimum absolute atomic E-state index is 0.237. The minimum atomic E-state index is 0.237. The molecule has 104 valence electrons. The highest BCUT2D eigenvalue weighted by Gasteiger charge is 2.33. The number of thiazole rings is 1. The summed E-state index contributed by atoms with van der Waals surface area (Å²) in [6.07, 6.45) is 5.19. The zero-order valence-electron chi connectivity index (χ0n) is 11.2. The Bertz CT molecular complexity index is 628. The summed E-state index contributed by atoms with van der Waals surface area (Å²) in [5, 5.41) is 3.18. The highest BCUT2D eigenvalue weighted by Crippen LogP contribution is 2.38. The molecule has 0 N–H and O–H groups in total. The van der Waals surface area contributed by atoms with Gasteiger partial charge in [-0.15, -0.1) is 22.7 Å². The maximum absolute atomic E-state index is 12.0. The lowest BCUT2D eigenvalue weighted by atomic mass is 10.0. The van der Waals surface area contributed by atoms with Crippen LogP contribution in [0.2, 0.25) is 0 Å². The predicted octanol–water partition coefficient (Wildman–Crippen LogP) is 3.89. The van der Waals surface area contributed by atoms with Gasteiger partial charge in [-0.05, 0) is 37.1 Å². The fourth-order valence-corrected chi connectivity index (χ4v) is 4.58. The second-order valence-electron chi connectivity index (χ2n) is 5.48.